The van der Waals surface area contributed by atoms with Crippen molar-refractivity contribution in [2.75, 3.05) is 13.6 Å². The van der Waals surface area contributed by atoms with Gasteiger partial charge < -0.3 is 4.98 Å². The van der Waals surface area contributed by atoms with Crippen molar-refractivity contribution in [1.29, 1.82) is 0 Å². The van der Waals surface area contributed by atoms with E-state index in [-0.39, 0.29) is 5.56 Å². The van der Waals surface area contributed by atoms with Crippen molar-refractivity contribution in [3.8, 4) is 0 Å². The number of para-hydroxylation sites is 2. The number of benzene rings is 2. The predicted molar refractivity (Wildman–Crippen MR) is 102 cm³/mol. The summed E-state index contributed by atoms with van der Waals surface area (Å²) in [5.41, 5.74) is 1.72. The minimum absolute atomic E-state index is 0.0746. The SMILES string of the molecule is CN(CCc1nc2ccccc2c(=O)[nH]1)Cc1nc2ccccc2s1. The van der Waals surface area contributed by atoms with E-state index in [9.17, 15) is 4.79 Å². The first-order valence-electron chi connectivity index (χ1n) is 8.20. The summed E-state index contributed by atoms with van der Waals surface area (Å²) in [5.74, 6) is 0.722. The van der Waals surface area contributed by atoms with E-state index in [2.05, 4.69) is 33.0 Å². The highest BCUT2D eigenvalue weighted by atomic mass is 32.1. The molecule has 2 heterocycles. The number of H-pyrrole nitrogens is 1. The van der Waals surface area contributed by atoms with E-state index in [1.807, 2.05) is 36.4 Å². The molecule has 2 aromatic carbocycles. The third kappa shape index (κ3) is 3.45. The van der Waals surface area contributed by atoms with Crippen LogP contribution in [-0.2, 0) is 13.0 Å². The average molecular weight is 350 g/mol. The quantitative estimate of drug-likeness (QED) is 0.600. The Labute approximate surface area is 149 Å². The van der Waals surface area contributed by atoms with Crippen LogP contribution in [0.4, 0.5) is 0 Å². The van der Waals surface area contributed by atoms with Gasteiger partial charge in [0.1, 0.15) is 10.8 Å². The lowest BCUT2D eigenvalue weighted by molar-refractivity contribution is 0.328. The van der Waals surface area contributed by atoms with Crippen LogP contribution in [0.5, 0.6) is 0 Å². The number of aromatic nitrogens is 3. The summed E-state index contributed by atoms with van der Waals surface area (Å²) < 4.78 is 1.21. The maximum atomic E-state index is 12.1. The Balaban J connectivity index is 1.44. The Hall–Kier alpha value is -2.57. The van der Waals surface area contributed by atoms with E-state index in [1.165, 1.54) is 4.70 Å². The molecule has 1 N–H and O–H groups in total. The third-order valence-electron chi connectivity index (χ3n) is 4.14. The topological polar surface area (TPSA) is 61.9 Å². The lowest BCUT2D eigenvalue weighted by atomic mass is 10.2. The number of nitrogens with one attached hydrogen (secondary N) is 1. The molecule has 0 saturated carbocycles. The van der Waals surface area contributed by atoms with Crippen molar-refractivity contribution < 1.29 is 0 Å². The summed E-state index contributed by atoms with van der Waals surface area (Å²) in [6, 6.07) is 15.6. The highest BCUT2D eigenvalue weighted by molar-refractivity contribution is 7.18. The fraction of sp³-hybridized carbons (Fsp3) is 0.211. The first-order chi connectivity index (χ1) is 12.2. The van der Waals surface area contributed by atoms with E-state index >= 15 is 0 Å². The molecule has 2 aromatic heterocycles. The van der Waals surface area contributed by atoms with Gasteiger partial charge in [0.25, 0.3) is 5.56 Å². The maximum Gasteiger partial charge on any atom is 0.258 e. The van der Waals surface area contributed by atoms with Gasteiger partial charge in [0.15, 0.2) is 0 Å². The number of hydrogen-bond acceptors (Lipinski definition) is 5. The molecule has 0 fully saturated rings. The molecule has 0 spiro atoms. The summed E-state index contributed by atoms with van der Waals surface area (Å²) in [7, 11) is 2.06. The van der Waals surface area contributed by atoms with Crippen LogP contribution < -0.4 is 5.56 Å². The van der Waals surface area contributed by atoms with Crippen LogP contribution in [0.3, 0.4) is 0 Å². The molecule has 5 nitrogen and oxygen atoms in total. The van der Waals surface area contributed by atoms with Crippen molar-refractivity contribution in [3.05, 3.63) is 69.7 Å². The average Bonchev–Trinajstić information content (AvgIpc) is 3.02. The van der Waals surface area contributed by atoms with Gasteiger partial charge in [0.05, 0.1) is 27.7 Å². The van der Waals surface area contributed by atoms with Crippen LogP contribution in [0.25, 0.3) is 21.1 Å². The summed E-state index contributed by atoms with van der Waals surface area (Å²) >= 11 is 1.73. The molecule has 0 bridgehead atoms. The Morgan fingerprint density at radius 2 is 1.80 bits per heavy atom. The number of rotatable bonds is 5. The Morgan fingerprint density at radius 3 is 2.64 bits per heavy atom. The number of nitrogens with zero attached hydrogens (tertiary/aromatic N) is 3. The zero-order valence-corrected chi connectivity index (χ0v) is 14.7. The van der Waals surface area contributed by atoms with Gasteiger partial charge in [-0.15, -0.1) is 11.3 Å². The molecule has 0 atom stereocenters. The molecule has 25 heavy (non-hydrogen) atoms. The van der Waals surface area contributed by atoms with Crippen LogP contribution in [-0.4, -0.2) is 33.4 Å². The Morgan fingerprint density at radius 1 is 1.04 bits per heavy atom. The van der Waals surface area contributed by atoms with Crippen molar-refractivity contribution >= 4 is 32.5 Å². The molecule has 0 unspecified atom stereocenters. The second-order valence-electron chi connectivity index (χ2n) is 6.09. The monoisotopic (exact) mass is 350 g/mol. The molecule has 126 valence electrons. The molecule has 0 amide bonds. The second-order valence-corrected chi connectivity index (χ2v) is 7.21. The van der Waals surface area contributed by atoms with Gasteiger partial charge in [-0.25, -0.2) is 9.97 Å². The van der Waals surface area contributed by atoms with Gasteiger partial charge in [-0.3, -0.25) is 9.69 Å². The van der Waals surface area contributed by atoms with Gasteiger partial charge in [0.2, 0.25) is 0 Å². The Kier molecular flexibility index (Phi) is 4.29. The van der Waals surface area contributed by atoms with Crippen LogP contribution in [0.15, 0.2) is 53.3 Å². The van der Waals surface area contributed by atoms with Crippen LogP contribution in [0, 0.1) is 0 Å². The van der Waals surface area contributed by atoms with Crippen LogP contribution >= 0.6 is 11.3 Å². The number of thiazole rings is 1. The van der Waals surface area contributed by atoms with E-state index in [0.29, 0.717) is 11.8 Å². The molecule has 4 aromatic rings. The summed E-state index contributed by atoms with van der Waals surface area (Å²) in [6.45, 7) is 1.59. The molecule has 0 aliphatic heterocycles. The summed E-state index contributed by atoms with van der Waals surface area (Å²) in [4.78, 5) is 26.4. The lowest BCUT2D eigenvalue weighted by Crippen LogP contribution is -2.22. The molecule has 0 aliphatic carbocycles. The van der Waals surface area contributed by atoms with Gasteiger partial charge >= 0.3 is 0 Å². The first kappa shape index (κ1) is 15.9. The summed E-state index contributed by atoms with van der Waals surface area (Å²) in [6.07, 6.45) is 0.696. The number of aromatic amines is 1. The van der Waals surface area contributed by atoms with Crippen molar-refractivity contribution in [3.63, 3.8) is 0 Å². The van der Waals surface area contributed by atoms with E-state index in [0.717, 1.165) is 35.0 Å². The second kappa shape index (κ2) is 6.74. The molecule has 0 saturated heterocycles. The summed E-state index contributed by atoms with van der Waals surface area (Å²) in [5, 5.41) is 1.73. The van der Waals surface area contributed by atoms with Crippen molar-refractivity contribution in [2.24, 2.45) is 0 Å². The maximum absolute atomic E-state index is 12.1. The molecule has 0 aliphatic rings. The van der Waals surface area contributed by atoms with E-state index in [4.69, 9.17) is 0 Å². The highest BCUT2D eigenvalue weighted by Gasteiger charge is 2.08. The highest BCUT2D eigenvalue weighted by Crippen LogP contribution is 2.22. The first-order valence-corrected chi connectivity index (χ1v) is 9.01. The number of likely N-dealkylation sites (N-methyl/N-ethyl adjacent to an activating group) is 1. The van der Waals surface area contributed by atoms with Crippen molar-refractivity contribution in [1.82, 2.24) is 19.9 Å². The molecule has 6 heteroatoms. The molecule has 0 radical (unpaired) electrons. The van der Waals surface area contributed by atoms with E-state index < -0.39 is 0 Å². The van der Waals surface area contributed by atoms with E-state index in [1.54, 1.807) is 17.4 Å². The van der Waals surface area contributed by atoms with Crippen molar-refractivity contribution in [2.45, 2.75) is 13.0 Å². The minimum Gasteiger partial charge on any atom is -0.310 e. The predicted octanol–water partition coefficient (Wildman–Crippen LogP) is 3.21. The zero-order valence-electron chi connectivity index (χ0n) is 13.9. The molecule has 4 rings (SSSR count). The van der Waals surface area contributed by atoms with Gasteiger partial charge in [-0.1, -0.05) is 24.3 Å². The van der Waals surface area contributed by atoms with Gasteiger partial charge in [0, 0.05) is 13.0 Å². The van der Waals surface area contributed by atoms with Crippen LogP contribution in [0.1, 0.15) is 10.8 Å². The van der Waals surface area contributed by atoms with Gasteiger partial charge in [-0.05, 0) is 31.3 Å². The Bertz CT molecular complexity index is 1050. The number of hydrogen-bond donors (Lipinski definition) is 1. The van der Waals surface area contributed by atoms with Gasteiger partial charge in [-0.2, -0.15) is 0 Å². The normalized spacial score (nSPS) is 11.6. The fourth-order valence-corrected chi connectivity index (χ4v) is 3.90. The third-order valence-corrected chi connectivity index (χ3v) is 5.16. The molecular formula is C19H18N4OS. The smallest absolute Gasteiger partial charge is 0.258 e. The molecular weight excluding hydrogens is 332 g/mol. The van der Waals surface area contributed by atoms with Crippen LogP contribution in [0.2, 0.25) is 0 Å². The largest absolute Gasteiger partial charge is 0.310 e. The minimum atomic E-state index is -0.0746. The number of fused-ring (bicyclic) bond motifs is 2. The standard InChI is InChI=1S/C19H18N4OS/c1-23(12-18-21-15-8-4-5-9-16(15)25-18)11-10-17-20-14-7-3-2-6-13(14)19(24)22-17/h2-9H,10-12H2,1H3,(H,20,22,24). The zero-order chi connectivity index (χ0) is 17.2. The lowest BCUT2D eigenvalue weighted by Gasteiger charge is -2.14. The fourth-order valence-electron chi connectivity index (χ4n) is 2.85.